The summed E-state index contributed by atoms with van der Waals surface area (Å²) in [5, 5.41) is 8.96. The second-order valence-corrected chi connectivity index (χ2v) is 6.09. The molecule has 1 atom stereocenters. The van der Waals surface area contributed by atoms with Gasteiger partial charge in [-0.05, 0) is 30.9 Å². The highest BCUT2D eigenvalue weighted by atomic mass is 16.4. The first-order chi connectivity index (χ1) is 11.1. The molecular formula is C17H20N2O4. The number of aryl methyl sites for hydroxylation is 1. The number of carbonyl (C=O) groups excluding carboxylic acids is 2. The Labute approximate surface area is 134 Å². The van der Waals surface area contributed by atoms with Gasteiger partial charge in [-0.2, -0.15) is 0 Å². The SMILES string of the molecule is O=C(O)CC1CCCN1C(=O)CN1C(=O)CCc2ccccc21. The van der Waals surface area contributed by atoms with Crippen molar-refractivity contribution in [1.29, 1.82) is 0 Å². The Balaban J connectivity index is 1.75. The Morgan fingerprint density at radius 1 is 1.22 bits per heavy atom. The van der Waals surface area contributed by atoms with Crippen LogP contribution in [0.1, 0.15) is 31.2 Å². The van der Waals surface area contributed by atoms with Crippen LogP contribution in [0.4, 0.5) is 5.69 Å². The maximum absolute atomic E-state index is 12.6. The van der Waals surface area contributed by atoms with Crippen LogP contribution in [0.15, 0.2) is 24.3 Å². The maximum atomic E-state index is 12.6. The molecule has 1 unspecified atom stereocenters. The van der Waals surface area contributed by atoms with Gasteiger partial charge in [0.2, 0.25) is 11.8 Å². The minimum Gasteiger partial charge on any atom is -0.481 e. The summed E-state index contributed by atoms with van der Waals surface area (Å²) in [7, 11) is 0. The molecule has 1 aromatic rings. The highest BCUT2D eigenvalue weighted by Crippen LogP contribution is 2.28. The van der Waals surface area contributed by atoms with Crippen molar-refractivity contribution in [1.82, 2.24) is 4.90 Å². The van der Waals surface area contributed by atoms with Crippen LogP contribution in [-0.2, 0) is 20.8 Å². The van der Waals surface area contributed by atoms with Crippen LogP contribution in [0, 0.1) is 0 Å². The highest BCUT2D eigenvalue weighted by Gasteiger charge is 2.33. The Hall–Kier alpha value is -2.37. The standard InChI is InChI=1S/C17H20N2O4/c20-15-8-7-12-4-1-2-6-14(12)19(15)11-16(21)18-9-3-5-13(18)10-17(22)23/h1-2,4,6,13H,3,5,7-11H2,(H,22,23). The van der Waals surface area contributed by atoms with Crippen molar-refractivity contribution in [3.05, 3.63) is 29.8 Å². The van der Waals surface area contributed by atoms with Crippen molar-refractivity contribution in [3.8, 4) is 0 Å². The molecule has 0 spiro atoms. The normalized spacial score (nSPS) is 20.5. The molecule has 2 aliphatic heterocycles. The molecule has 3 rings (SSSR count). The molecule has 0 saturated carbocycles. The molecule has 2 aliphatic rings. The number of hydrogen-bond donors (Lipinski definition) is 1. The average Bonchev–Trinajstić information content (AvgIpc) is 2.97. The second kappa shape index (κ2) is 6.40. The van der Waals surface area contributed by atoms with Gasteiger partial charge in [0.15, 0.2) is 0 Å². The van der Waals surface area contributed by atoms with Gasteiger partial charge >= 0.3 is 5.97 Å². The fourth-order valence-electron chi connectivity index (χ4n) is 3.47. The molecule has 0 aromatic heterocycles. The van der Waals surface area contributed by atoms with E-state index in [4.69, 9.17) is 5.11 Å². The molecule has 1 fully saturated rings. The Kier molecular flexibility index (Phi) is 4.32. The van der Waals surface area contributed by atoms with Crippen LogP contribution in [0.3, 0.4) is 0 Å². The number of aliphatic carboxylic acids is 1. The molecular weight excluding hydrogens is 296 g/mol. The fraction of sp³-hybridized carbons (Fsp3) is 0.471. The van der Waals surface area contributed by atoms with Crippen molar-refractivity contribution in [2.24, 2.45) is 0 Å². The molecule has 6 nitrogen and oxygen atoms in total. The monoisotopic (exact) mass is 316 g/mol. The molecule has 23 heavy (non-hydrogen) atoms. The molecule has 1 aromatic carbocycles. The number of fused-ring (bicyclic) bond motifs is 1. The van der Waals surface area contributed by atoms with Crippen LogP contribution in [0.25, 0.3) is 0 Å². The van der Waals surface area contributed by atoms with Gasteiger partial charge in [-0.3, -0.25) is 14.4 Å². The lowest BCUT2D eigenvalue weighted by Crippen LogP contribution is -2.46. The minimum absolute atomic E-state index is 0.00797. The van der Waals surface area contributed by atoms with Gasteiger partial charge in [-0.25, -0.2) is 0 Å². The molecule has 2 amide bonds. The Morgan fingerprint density at radius 3 is 2.78 bits per heavy atom. The zero-order valence-electron chi connectivity index (χ0n) is 12.9. The summed E-state index contributed by atoms with van der Waals surface area (Å²) in [5.41, 5.74) is 1.87. The first kappa shape index (κ1) is 15.5. The van der Waals surface area contributed by atoms with E-state index in [9.17, 15) is 14.4 Å². The summed E-state index contributed by atoms with van der Waals surface area (Å²) >= 11 is 0. The number of carboxylic acid groups (broad SMARTS) is 1. The van der Waals surface area contributed by atoms with E-state index < -0.39 is 5.97 Å². The van der Waals surface area contributed by atoms with Crippen LogP contribution in [0.2, 0.25) is 0 Å². The molecule has 1 N–H and O–H groups in total. The summed E-state index contributed by atoms with van der Waals surface area (Å²) in [6.45, 7) is 0.562. The van der Waals surface area contributed by atoms with Crippen molar-refractivity contribution < 1.29 is 19.5 Å². The second-order valence-electron chi connectivity index (χ2n) is 6.09. The number of nitrogens with zero attached hydrogens (tertiary/aromatic N) is 2. The molecule has 1 saturated heterocycles. The van der Waals surface area contributed by atoms with E-state index in [1.54, 1.807) is 4.90 Å². The van der Waals surface area contributed by atoms with Crippen molar-refractivity contribution in [3.63, 3.8) is 0 Å². The first-order valence-electron chi connectivity index (χ1n) is 7.96. The number of benzene rings is 1. The quantitative estimate of drug-likeness (QED) is 0.911. The summed E-state index contributed by atoms with van der Waals surface area (Å²) in [5.74, 6) is -1.11. The number of rotatable bonds is 4. The topological polar surface area (TPSA) is 77.9 Å². The lowest BCUT2D eigenvalue weighted by atomic mass is 10.0. The number of anilines is 1. The summed E-state index contributed by atoms with van der Waals surface area (Å²) in [4.78, 5) is 38.9. The van der Waals surface area contributed by atoms with Crippen LogP contribution in [0.5, 0.6) is 0 Å². The molecule has 0 bridgehead atoms. The third-order valence-corrected chi connectivity index (χ3v) is 4.59. The number of amides is 2. The number of para-hydroxylation sites is 1. The predicted molar refractivity (Wildman–Crippen MR) is 84.1 cm³/mol. The van der Waals surface area contributed by atoms with E-state index in [0.717, 1.165) is 17.7 Å². The van der Waals surface area contributed by atoms with Gasteiger partial charge in [-0.15, -0.1) is 0 Å². The summed E-state index contributed by atoms with van der Waals surface area (Å²) < 4.78 is 0. The first-order valence-corrected chi connectivity index (χ1v) is 7.96. The molecule has 0 aliphatic carbocycles. The predicted octanol–water partition coefficient (Wildman–Crippen LogP) is 1.43. The van der Waals surface area contributed by atoms with Crippen molar-refractivity contribution in [2.45, 2.75) is 38.1 Å². The van der Waals surface area contributed by atoms with Crippen molar-refractivity contribution >= 4 is 23.5 Å². The fourth-order valence-corrected chi connectivity index (χ4v) is 3.47. The zero-order chi connectivity index (χ0) is 16.4. The van der Waals surface area contributed by atoms with E-state index >= 15 is 0 Å². The van der Waals surface area contributed by atoms with Crippen molar-refractivity contribution in [2.75, 3.05) is 18.0 Å². The van der Waals surface area contributed by atoms with Gasteiger partial charge in [-0.1, -0.05) is 18.2 Å². The van der Waals surface area contributed by atoms with E-state index in [1.807, 2.05) is 24.3 Å². The van der Waals surface area contributed by atoms with Gasteiger partial charge in [0.05, 0.1) is 6.42 Å². The molecule has 0 radical (unpaired) electrons. The largest absolute Gasteiger partial charge is 0.481 e. The molecule has 122 valence electrons. The number of carbonyl (C=O) groups is 3. The lowest BCUT2D eigenvalue weighted by Gasteiger charge is -2.31. The minimum atomic E-state index is -0.894. The number of carboxylic acids is 1. The van der Waals surface area contributed by atoms with Crippen LogP contribution >= 0.6 is 0 Å². The number of likely N-dealkylation sites (tertiary alicyclic amines) is 1. The molecule has 2 heterocycles. The van der Waals surface area contributed by atoms with E-state index in [0.29, 0.717) is 25.8 Å². The van der Waals surface area contributed by atoms with E-state index in [1.165, 1.54) is 4.90 Å². The van der Waals surface area contributed by atoms with Crippen LogP contribution < -0.4 is 4.90 Å². The zero-order valence-corrected chi connectivity index (χ0v) is 12.9. The van der Waals surface area contributed by atoms with Gasteiger partial charge in [0, 0.05) is 24.7 Å². The number of hydrogen-bond acceptors (Lipinski definition) is 3. The van der Waals surface area contributed by atoms with Gasteiger partial charge in [0.25, 0.3) is 0 Å². The van der Waals surface area contributed by atoms with Gasteiger partial charge < -0.3 is 14.9 Å². The Bertz CT molecular complexity index is 643. The average molecular weight is 316 g/mol. The van der Waals surface area contributed by atoms with E-state index in [-0.39, 0.29) is 30.8 Å². The highest BCUT2D eigenvalue weighted by molar-refractivity contribution is 6.01. The van der Waals surface area contributed by atoms with E-state index in [2.05, 4.69) is 0 Å². The Morgan fingerprint density at radius 2 is 2.00 bits per heavy atom. The maximum Gasteiger partial charge on any atom is 0.305 e. The summed E-state index contributed by atoms with van der Waals surface area (Å²) in [6, 6.07) is 7.37. The summed E-state index contributed by atoms with van der Waals surface area (Å²) in [6.07, 6.45) is 2.60. The van der Waals surface area contributed by atoms with Gasteiger partial charge in [0.1, 0.15) is 6.54 Å². The smallest absolute Gasteiger partial charge is 0.305 e. The third kappa shape index (κ3) is 3.21. The third-order valence-electron chi connectivity index (χ3n) is 4.59. The van der Waals surface area contributed by atoms with Crippen LogP contribution in [-0.4, -0.2) is 46.9 Å². The lowest BCUT2D eigenvalue weighted by molar-refractivity contribution is -0.140. The molecule has 6 heteroatoms.